The Bertz CT molecular complexity index is 571. The molecular weight excluding hydrogens is 234 g/mol. The number of nitrogens with one attached hydrogen (secondary N) is 2. The van der Waals surface area contributed by atoms with Crippen LogP contribution in [0.2, 0.25) is 5.02 Å². The average molecular weight is 248 g/mol. The quantitative estimate of drug-likeness (QED) is 0.813. The fourth-order valence-electron chi connectivity index (χ4n) is 2.23. The number of aromatic amines is 1. The summed E-state index contributed by atoms with van der Waals surface area (Å²) < 4.78 is 0. The summed E-state index contributed by atoms with van der Waals surface area (Å²) in [6, 6.07) is 5.91. The maximum Gasteiger partial charge on any atom is 0.0969 e. The van der Waals surface area contributed by atoms with E-state index in [0.717, 1.165) is 41.1 Å². The van der Waals surface area contributed by atoms with Gasteiger partial charge in [-0.05, 0) is 31.0 Å². The predicted octanol–water partition coefficient (Wildman–Crippen LogP) is 2.98. The number of aromatic nitrogens is 2. The van der Waals surface area contributed by atoms with Crippen LogP contribution in [-0.2, 0) is 0 Å². The highest BCUT2D eigenvalue weighted by molar-refractivity contribution is 6.35. The molecule has 0 atom stereocenters. The minimum Gasteiger partial charge on any atom is -0.313 e. The van der Waals surface area contributed by atoms with E-state index in [-0.39, 0.29) is 0 Å². The normalized spacial score (nSPS) is 16.9. The molecule has 1 aromatic heterocycles. The van der Waals surface area contributed by atoms with Crippen LogP contribution in [0.3, 0.4) is 0 Å². The van der Waals surface area contributed by atoms with E-state index in [0.29, 0.717) is 0 Å². The largest absolute Gasteiger partial charge is 0.313 e. The standard InChI is InChI=1S/C13H14ClN3/c14-11-6-3-5-10-12(16-17-13(10)11)9-4-1-2-7-15-8-9/h3-6,15H,1-2,7-8H2,(H,16,17). The fourth-order valence-corrected chi connectivity index (χ4v) is 2.45. The second-order valence-corrected chi connectivity index (χ2v) is 4.69. The Labute approximate surface area is 105 Å². The molecule has 0 bridgehead atoms. The van der Waals surface area contributed by atoms with Crippen LogP contribution in [0.25, 0.3) is 16.5 Å². The molecule has 0 fully saturated rings. The highest BCUT2D eigenvalue weighted by atomic mass is 35.5. The van der Waals surface area contributed by atoms with E-state index in [2.05, 4.69) is 27.7 Å². The lowest BCUT2D eigenvalue weighted by Crippen LogP contribution is -2.15. The zero-order valence-corrected chi connectivity index (χ0v) is 10.2. The minimum absolute atomic E-state index is 0.725. The number of rotatable bonds is 1. The summed E-state index contributed by atoms with van der Waals surface area (Å²) in [7, 11) is 0. The van der Waals surface area contributed by atoms with Crippen molar-refractivity contribution in [3.8, 4) is 0 Å². The first-order valence-electron chi connectivity index (χ1n) is 5.89. The number of fused-ring (bicyclic) bond motifs is 1. The first-order valence-corrected chi connectivity index (χ1v) is 6.27. The molecule has 17 heavy (non-hydrogen) atoms. The maximum absolute atomic E-state index is 6.14. The van der Waals surface area contributed by atoms with Crippen LogP contribution in [0, 0.1) is 0 Å². The lowest BCUT2D eigenvalue weighted by molar-refractivity contribution is 0.723. The van der Waals surface area contributed by atoms with Gasteiger partial charge < -0.3 is 5.32 Å². The lowest BCUT2D eigenvalue weighted by atomic mass is 10.1. The molecule has 0 saturated carbocycles. The molecule has 0 spiro atoms. The van der Waals surface area contributed by atoms with Gasteiger partial charge in [0.25, 0.3) is 0 Å². The van der Waals surface area contributed by atoms with Gasteiger partial charge in [0.15, 0.2) is 0 Å². The number of halogens is 1. The Kier molecular flexibility index (Phi) is 2.87. The van der Waals surface area contributed by atoms with Gasteiger partial charge in [-0.25, -0.2) is 0 Å². The first-order chi connectivity index (χ1) is 8.36. The Morgan fingerprint density at radius 1 is 1.29 bits per heavy atom. The van der Waals surface area contributed by atoms with Gasteiger partial charge in [0, 0.05) is 11.9 Å². The van der Waals surface area contributed by atoms with Crippen molar-refractivity contribution in [3.05, 3.63) is 35.0 Å². The molecule has 3 rings (SSSR count). The van der Waals surface area contributed by atoms with Crippen molar-refractivity contribution in [2.75, 3.05) is 13.1 Å². The number of H-pyrrole nitrogens is 1. The van der Waals surface area contributed by atoms with Gasteiger partial charge in [-0.1, -0.05) is 29.8 Å². The summed E-state index contributed by atoms with van der Waals surface area (Å²) in [6.45, 7) is 1.95. The monoisotopic (exact) mass is 247 g/mol. The van der Waals surface area contributed by atoms with E-state index in [9.17, 15) is 0 Å². The summed E-state index contributed by atoms with van der Waals surface area (Å²) in [5, 5.41) is 12.7. The second kappa shape index (κ2) is 4.51. The molecule has 2 N–H and O–H groups in total. The van der Waals surface area contributed by atoms with E-state index in [4.69, 9.17) is 11.6 Å². The summed E-state index contributed by atoms with van der Waals surface area (Å²) >= 11 is 6.14. The Morgan fingerprint density at radius 2 is 2.24 bits per heavy atom. The number of allylic oxidation sites excluding steroid dienone is 1. The van der Waals surface area contributed by atoms with Crippen molar-refractivity contribution in [1.29, 1.82) is 0 Å². The second-order valence-electron chi connectivity index (χ2n) is 4.28. The van der Waals surface area contributed by atoms with Gasteiger partial charge in [0.2, 0.25) is 0 Å². The third-order valence-electron chi connectivity index (χ3n) is 3.12. The van der Waals surface area contributed by atoms with Gasteiger partial charge in [0.05, 0.1) is 16.2 Å². The van der Waals surface area contributed by atoms with E-state index in [1.807, 2.05) is 12.1 Å². The minimum atomic E-state index is 0.725. The number of nitrogens with zero attached hydrogens (tertiary/aromatic N) is 1. The van der Waals surface area contributed by atoms with Crippen molar-refractivity contribution in [3.63, 3.8) is 0 Å². The zero-order chi connectivity index (χ0) is 11.7. The molecule has 1 aliphatic heterocycles. The fraction of sp³-hybridized carbons (Fsp3) is 0.308. The van der Waals surface area contributed by atoms with Crippen LogP contribution in [-0.4, -0.2) is 23.3 Å². The molecule has 0 unspecified atom stereocenters. The van der Waals surface area contributed by atoms with Gasteiger partial charge in [-0.15, -0.1) is 0 Å². The molecule has 0 saturated heterocycles. The Morgan fingerprint density at radius 3 is 3.18 bits per heavy atom. The van der Waals surface area contributed by atoms with Crippen molar-refractivity contribution in [2.45, 2.75) is 12.8 Å². The molecule has 2 heterocycles. The van der Waals surface area contributed by atoms with Crippen LogP contribution < -0.4 is 5.32 Å². The van der Waals surface area contributed by atoms with Crippen LogP contribution in [0.1, 0.15) is 18.5 Å². The number of para-hydroxylation sites is 1. The maximum atomic E-state index is 6.14. The predicted molar refractivity (Wildman–Crippen MR) is 71.2 cm³/mol. The van der Waals surface area contributed by atoms with E-state index < -0.39 is 0 Å². The highest BCUT2D eigenvalue weighted by Crippen LogP contribution is 2.28. The highest BCUT2D eigenvalue weighted by Gasteiger charge is 2.13. The molecular formula is C13H14ClN3. The molecule has 4 heteroatoms. The molecule has 1 aliphatic rings. The van der Waals surface area contributed by atoms with Crippen LogP contribution in [0.5, 0.6) is 0 Å². The summed E-state index contributed by atoms with van der Waals surface area (Å²) in [4.78, 5) is 0. The van der Waals surface area contributed by atoms with E-state index in [1.165, 1.54) is 12.0 Å². The Balaban J connectivity index is 2.11. The molecule has 1 aromatic carbocycles. The van der Waals surface area contributed by atoms with Gasteiger partial charge in [-0.3, -0.25) is 5.10 Å². The zero-order valence-electron chi connectivity index (χ0n) is 9.46. The van der Waals surface area contributed by atoms with Gasteiger partial charge in [0.1, 0.15) is 0 Å². The lowest BCUT2D eigenvalue weighted by Gasteiger charge is -2.03. The van der Waals surface area contributed by atoms with Crippen molar-refractivity contribution >= 4 is 28.1 Å². The first kappa shape index (κ1) is 10.8. The average Bonchev–Trinajstić information content (AvgIpc) is 2.59. The molecule has 0 aliphatic carbocycles. The van der Waals surface area contributed by atoms with Crippen LogP contribution in [0.4, 0.5) is 0 Å². The number of benzene rings is 1. The van der Waals surface area contributed by atoms with Crippen LogP contribution >= 0.6 is 11.6 Å². The summed E-state index contributed by atoms with van der Waals surface area (Å²) in [5.74, 6) is 0. The van der Waals surface area contributed by atoms with E-state index >= 15 is 0 Å². The third kappa shape index (κ3) is 1.96. The van der Waals surface area contributed by atoms with Gasteiger partial charge in [-0.2, -0.15) is 5.10 Å². The van der Waals surface area contributed by atoms with Crippen molar-refractivity contribution < 1.29 is 0 Å². The smallest absolute Gasteiger partial charge is 0.0969 e. The number of hydrogen-bond donors (Lipinski definition) is 2. The molecule has 88 valence electrons. The number of hydrogen-bond acceptors (Lipinski definition) is 2. The molecule has 0 amide bonds. The Hall–Kier alpha value is -1.32. The topological polar surface area (TPSA) is 40.7 Å². The van der Waals surface area contributed by atoms with Crippen LogP contribution in [0.15, 0.2) is 24.3 Å². The SMILES string of the molecule is Clc1cccc2c(C3=CCCCNC3)n[nH]c12. The summed E-state index contributed by atoms with van der Waals surface area (Å²) in [5.41, 5.74) is 3.21. The van der Waals surface area contributed by atoms with Gasteiger partial charge >= 0.3 is 0 Å². The third-order valence-corrected chi connectivity index (χ3v) is 3.43. The molecule has 3 nitrogen and oxygen atoms in total. The van der Waals surface area contributed by atoms with Crippen molar-refractivity contribution in [1.82, 2.24) is 15.5 Å². The van der Waals surface area contributed by atoms with E-state index in [1.54, 1.807) is 0 Å². The van der Waals surface area contributed by atoms with Crippen molar-refractivity contribution in [2.24, 2.45) is 0 Å². The molecule has 0 radical (unpaired) electrons. The summed E-state index contributed by atoms with van der Waals surface area (Å²) in [6.07, 6.45) is 4.57. The molecule has 2 aromatic rings.